The Hall–Kier alpha value is -2.03. The molecule has 2 aromatic heterocycles. The molecule has 1 saturated heterocycles. The lowest BCUT2D eigenvalue weighted by Crippen LogP contribution is -2.34. The van der Waals surface area contributed by atoms with E-state index in [2.05, 4.69) is 25.8 Å². The highest BCUT2D eigenvalue weighted by molar-refractivity contribution is 7.15. The first-order valence-corrected chi connectivity index (χ1v) is 7.13. The molecule has 0 bridgehead atoms. The molecule has 2 aromatic rings. The number of nitrogens with zero attached hydrogens (tertiary/aromatic N) is 5. The molecule has 1 fully saturated rings. The van der Waals surface area contributed by atoms with Crippen molar-refractivity contribution in [1.82, 2.24) is 25.4 Å². The van der Waals surface area contributed by atoms with Gasteiger partial charge < -0.3 is 4.90 Å². The molecule has 1 aliphatic heterocycles. The molecular weight excluding hydrogens is 280 g/mol. The molecule has 8 nitrogen and oxygen atoms in total. The van der Waals surface area contributed by atoms with Gasteiger partial charge in [-0.05, 0) is 26.7 Å². The normalized spacial score (nSPS) is 18.5. The minimum absolute atomic E-state index is 0.0877. The highest BCUT2D eigenvalue weighted by atomic mass is 32.1. The van der Waals surface area contributed by atoms with E-state index in [0.29, 0.717) is 11.7 Å². The second-order valence-corrected chi connectivity index (χ2v) is 5.82. The minimum atomic E-state index is -0.189. The number of carbonyl (C=O) groups excluding carboxylic acids is 1. The molecule has 9 heteroatoms. The van der Waals surface area contributed by atoms with Gasteiger partial charge in [0.15, 0.2) is 0 Å². The first-order valence-electron chi connectivity index (χ1n) is 6.32. The number of anilines is 1. The van der Waals surface area contributed by atoms with Crippen molar-refractivity contribution < 1.29 is 9.42 Å². The molecule has 20 heavy (non-hydrogen) atoms. The van der Waals surface area contributed by atoms with E-state index in [9.17, 15) is 4.79 Å². The molecule has 106 valence electrons. The third kappa shape index (κ3) is 2.36. The lowest BCUT2D eigenvalue weighted by Gasteiger charge is -2.22. The molecule has 2 amide bonds. The number of carbonyl (C=O) groups is 1. The van der Waals surface area contributed by atoms with Gasteiger partial charge in [0, 0.05) is 6.54 Å². The number of rotatable bonds is 2. The standard InChI is InChI=1S/C11H14N6O2S/c1-6-9(16-19-15-6)8-4-3-5-17(8)11(18)12-10-14-13-7(2)20-10/h8H,3-5H2,1-2H3,(H,12,14,18)/t8-/m1/s1. The molecule has 1 atom stereocenters. The molecule has 0 saturated carbocycles. The summed E-state index contributed by atoms with van der Waals surface area (Å²) in [5, 5.41) is 19.6. The fraction of sp³-hybridized carbons (Fsp3) is 0.545. The van der Waals surface area contributed by atoms with Gasteiger partial charge in [0.05, 0.1) is 6.04 Å². The summed E-state index contributed by atoms with van der Waals surface area (Å²) in [7, 11) is 0. The molecule has 0 aliphatic carbocycles. The topological polar surface area (TPSA) is 97.0 Å². The summed E-state index contributed by atoms with van der Waals surface area (Å²) >= 11 is 1.35. The third-order valence-electron chi connectivity index (χ3n) is 3.26. The fourth-order valence-corrected chi connectivity index (χ4v) is 2.93. The first kappa shape index (κ1) is 13.0. The van der Waals surface area contributed by atoms with Crippen molar-refractivity contribution in [3.63, 3.8) is 0 Å². The van der Waals surface area contributed by atoms with Crippen molar-refractivity contribution in [3.8, 4) is 0 Å². The number of amides is 2. The van der Waals surface area contributed by atoms with Crippen LogP contribution in [0.1, 0.15) is 35.3 Å². The van der Waals surface area contributed by atoms with Gasteiger partial charge >= 0.3 is 6.03 Å². The number of aromatic nitrogens is 4. The Balaban J connectivity index is 1.75. The number of hydrogen-bond donors (Lipinski definition) is 1. The minimum Gasteiger partial charge on any atom is -0.316 e. The van der Waals surface area contributed by atoms with Crippen molar-refractivity contribution >= 4 is 22.5 Å². The number of nitrogens with one attached hydrogen (secondary N) is 1. The molecule has 3 heterocycles. The maximum Gasteiger partial charge on any atom is 0.324 e. The Morgan fingerprint density at radius 1 is 1.40 bits per heavy atom. The zero-order chi connectivity index (χ0) is 14.1. The Morgan fingerprint density at radius 2 is 2.25 bits per heavy atom. The lowest BCUT2D eigenvalue weighted by atomic mass is 10.1. The number of aryl methyl sites for hydroxylation is 2. The Bertz CT molecular complexity index is 624. The summed E-state index contributed by atoms with van der Waals surface area (Å²) in [6.07, 6.45) is 1.79. The van der Waals surface area contributed by atoms with Crippen LogP contribution in [0.3, 0.4) is 0 Å². The van der Waals surface area contributed by atoms with Crippen molar-refractivity contribution in [2.24, 2.45) is 0 Å². The van der Waals surface area contributed by atoms with E-state index in [4.69, 9.17) is 4.63 Å². The number of urea groups is 1. The highest BCUT2D eigenvalue weighted by Crippen LogP contribution is 2.32. The van der Waals surface area contributed by atoms with Crippen LogP contribution >= 0.6 is 11.3 Å². The molecule has 0 unspecified atom stereocenters. The van der Waals surface area contributed by atoms with E-state index in [0.717, 1.165) is 29.2 Å². The van der Waals surface area contributed by atoms with Crippen molar-refractivity contribution in [2.75, 3.05) is 11.9 Å². The Kier molecular flexibility index (Phi) is 3.35. The Labute approximate surface area is 119 Å². The van der Waals surface area contributed by atoms with E-state index in [-0.39, 0.29) is 12.1 Å². The van der Waals surface area contributed by atoms with Gasteiger partial charge in [-0.15, -0.1) is 10.2 Å². The van der Waals surface area contributed by atoms with Gasteiger partial charge in [0.2, 0.25) is 5.13 Å². The van der Waals surface area contributed by atoms with Crippen LogP contribution in [0.25, 0.3) is 0 Å². The van der Waals surface area contributed by atoms with Crippen LogP contribution in [-0.4, -0.2) is 38.0 Å². The summed E-state index contributed by atoms with van der Waals surface area (Å²) in [5.74, 6) is 0. The van der Waals surface area contributed by atoms with Crippen molar-refractivity contribution in [3.05, 3.63) is 16.4 Å². The van der Waals surface area contributed by atoms with Crippen LogP contribution in [-0.2, 0) is 0 Å². The van der Waals surface area contributed by atoms with Crippen molar-refractivity contribution in [1.29, 1.82) is 0 Å². The first-order chi connectivity index (χ1) is 9.65. The van der Waals surface area contributed by atoms with Gasteiger partial charge in [0.25, 0.3) is 0 Å². The smallest absolute Gasteiger partial charge is 0.316 e. The lowest BCUT2D eigenvalue weighted by molar-refractivity contribution is 0.203. The number of hydrogen-bond acceptors (Lipinski definition) is 7. The monoisotopic (exact) mass is 294 g/mol. The van der Waals surface area contributed by atoms with Crippen LogP contribution in [0.15, 0.2) is 4.63 Å². The van der Waals surface area contributed by atoms with E-state index in [1.807, 2.05) is 13.8 Å². The molecule has 0 aromatic carbocycles. The third-order valence-corrected chi connectivity index (χ3v) is 4.01. The van der Waals surface area contributed by atoms with Gasteiger partial charge in [-0.25, -0.2) is 9.42 Å². The number of likely N-dealkylation sites (tertiary alicyclic amines) is 1. The molecule has 0 spiro atoms. The van der Waals surface area contributed by atoms with E-state index in [1.54, 1.807) is 4.90 Å². The van der Waals surface area contributed by atoms with E-state index >= 15 is 0 Å². The van der Waals surface area contributed by atoms with Gasteiger partial charge in [-0.1, -0.05) is 21.7 Å². The van der Waals surface area contributed by atoms with Crippen LogP contribution < -0.4 is 5.32 Å². The maximum atomic E-state index is 12.3. The largest absolute Gasteiger partial charge is 0.324 e. The van der Waals surface area contributed by atoms with Crippen LogP contribution in [0.2, 0.25) is 0 Å². The zero-order valence-electron chi connectivity index (χ0n) is 11.2. The van der Waals surface area contributed by atoms with Gasteiger partial charge in [-0.3, -0.25) is 5.32 Å². The average molecular weight is 294 g/mol. The fourth-order valence-electron chi connectivity index (χ4n) is 2.34. The van der Waals surface area contributed by atoms with Crippen LogP contribution in [0.5, 0.6) is 0 Å². The van der Waals surface area contributed by atoms with Crippen LogP contribution in [0.4, 0.5) is 9.93 Å². The van der Waals surface area contributed by atoms with E-state index in [1.165, 1.54) is 11.3 Å². The maximum absolute atomic E-state index is 12.3. The zero-order valence-corrected chi connectivity index (χ0v) is 12.0. The predicted molar refractivity (Wildman–Crippen MR) is 71.4 cm³/mol. The second kappa shape index (κ2) is 5.16. The average Bonchev–Trinajstić information content (AvgIpc) is 3.10. The molecule has 1 N–H and O–H groups in total. The van der Waals surface area contributed by atoms with Gasteiger partial charge in [-0.2, -0.15) is 0 Å². The Morgan fingerprint density at radius 3 is 2.90 bits per heavy atom. The SMILES string of the molecule is Cc1nnc(NC(=O)N2CCC[C@@H]2c2nonc2C)s1. The van der Waals surface area contributed by atoms with Gasteiger partial charge in [0.1, 0.15) is 16.4 Å². The summed E-state index contributed by atoms with van der Waals surface area (Å²) < 4.78 is 4.73. The molecular formula is C11H14N6O2S. The molecule has 3 rings (SSSR count). The predicted octanol–water partition coefficient (Wildman–Crippen LogP) is 1.91. The van der Waals surface area contributed by atoms with Crippen molar-refractivity contribution in [2.45, 2.75) is 32.7 Å². The summed E-state index contributed by atoms with van der Waals surface area (Å²) in [6, 6.07) is -0.277. The quantitative estimate of drug-likeness (QED) is 0.908. The van der Waals surface area contributed by atoms with E-state index < -0.39 is 0 Å². The van der Waals surface area contributed by atoms with Crippen LogP contribution in [0, 0.1) is 13.8 Å². The molecule has 1 aliphatic rings. The second-order valence-electron chi connectivity index (χ2n) is 4.64. The summed E-state index contributed by atoms with van der Waals surface area (Å²) in [5.41, 5.74) is 1.45. The summed E-state index contributed by atoms with van der Waals surface area (Å²) in [6.45, 7) is 4.35. The summed E-state index contributed by atoms with van der Waals surface area (Å²) in [4.78, 5) is 14.1. The molecule has 0 radical (unpaired) electrons. The highest BCUT2D eigenvalue weighted by Gasteiger charge is 2.33.